The van der Waals surface area contributed by atoms with Crippen molar-refractivity contribution in [1.82, 2.24) is 9.78 Å². The van der Waals surface area contributed by atoms with Gasteiger partial charge in [0, 0.05) is 5.56 Å². The number of rotatable bonds is 4. The number of carbonyl (C=O) groups excluding carboxylic acids is 1. The van der Waals surface area contributed by atoms with Crippen LogP contribution >= 0.6 is 0 Å². The zero-order valence-corrected chi connectivity index (χ0v) is 12.4. The molecule has 3 rings (SSSR count). The predicted molar refractivity (Wildman–Crippen MR) is 86.5 cm³/mol. The van der Waals surface area contributed by atoms with Crippen molar-refractivity contribution >= 4 is 5.91 Å². The molecule has 0 spiro atoms. The summed E-state index contributed by atoms with van der Waals surface area (Å²) in [7, 11) is 0. The quantitative estimate of drug-likeness (QED) is 0.803. The Labute approximate surface area is 129 Å². The lowest BCUT2D eigenvalue weighted by atomic mass is 10.0. The van der Waals surface area contributed by atoms with Crippen molar-refractivity contribution in [2.75, 3.05) is 0 Å². The Bertz CT molecular complexity index is 806. The van der Waals surface area contributed by atoms with E-state index in [0.29, 0.717) is 12.2 Å². The van der Waals surface area contributed by atoms with Gasteiger partial charge in [-0.1, -0.05) is 54.6 Å². The second-order valence-electron chi connectivity index (χ2n) is 5.23. The molecule has 0 bridgehead atoms. The van der Waals surface area contributed by atoms with Gasteiger partial charge in [-0.25, -0.2) is 0 Å². The Morgan fingerprint density at radius 1 is 1.05 bits per heavy atom. The predicted octanol–water partition coefficient (Wildman–Crippen LogP) is 3.01. The van der Waals surface area contributed by atoms with Crippen molar-refractivity contribution in [3.8, 4) is 11.1 Å². The largest absolute Gasteiger partial charge is 0.364 e. The van der Waals surface area contributed by atoms with Gasteiger partial charge in [0.2, 0.25) is 0 Å². The summed E-state index contributed by atoms with van der Waals surface area (Å²) in [5, 5.41) is 4.37. The molecule has 1 amide bonds. The molecule has 4 nitrogen and oxygen atoms in total. The molecule has 0 aliphatic heterocycles. The van der Waals surface area contributed by atoms with Crippen molar-refractivity contribution in [2.45, 2.75) is 13.5 Å². The minimum atomic E-state index is -0.466. The van der Waals surface area contributed by atoms with E-state index in [0.717, 1.165) is 22.3 Å². The van der Waals surface area contributed by atoms with Crippen LogP contribution in [0.25, 0.3) is 11.1 Å². The van der Waals surface area contributed by atoms with Crippen molar-refractivity contribution in [3.63, 3.8) is 0 Å². The van der Waals surface area contributed by atoms with Crippen LogP contribution in [0.1, 0.15) is 21.6 Å². The molecule has 0 saturated heterocycles. The van der Waals surface area contributed by atoms with Crippen LogP contribution in [0.15, 0.2) is 60.8 Å². The lowest BCUT2D eigenvalue weighted by Gasteiger charge is -2.08. The van der Waals surface area contributed by atoms with Gasteiger partial charge in [0.25, 0.3) is 5.91 Å². The molecule has 0 aliphatic rings. The van der Waals surface area contributed by atoms with E-state index in [1.54, 1.807) is 10.9 Å². The zero-order valence-electron chi connectivity index (χ0n) is 12.4. The average molecular weight is 291 g/mol. The summed E-state index contributed by atoms with van der Waals surface area (Å²) in [4.78, 5) is 11.9. The lowest BCUT2D eigenvalue weighted by Crippen LogP contribution is -2.19. The highest BCUT2D eigenvalue weighted by molar-refractivity contribution is 5.98. The smallest absolute Gasteiger partial charge is 0.267 e. The maximum absolute atomic E-state index is 11.9. The number of hydrogen-bond donors (Lipinski definition) is 1. The van der Waals surface area contributed by atoms with Gasteiger partial charge < -0.3 is 5.73 Å². The van der Waals surface area contributed by atoms with Crippen LogP contribution in [0.5, 0.6) is 0 Å². The van der Waals surface area contributed by atoms with Crippen LogP contribution in [0.3, 0.4) is 0 Å². The highest BCUT2D eigenvalue weighted by atomic mass is 16.1. The van der Waals surface area contributed by atoms with E-state index >= 15 is 0 Å². The van der Waals surface area contributed by atoms with E-state index in [-0.39, 0.29) is 0 Å². The monoisotopic (exact) mass is 291 g/mol. The number of carbonyl (C=O) groups is 1. The second kappa shape index (κ2) is 5.85. The van der Waals surface area contributed by atoms with Crippen molar-refractivity contribution in [3.05, 3.63) is 77.6 Å². The summed E-state index contributed by atoms with van der Waals surface area (Å²) in [6.07, 6.45) is 1.71. The molecule has 0 radical (unpaired) electrons. The molecule has 0 unspecified atom stereocenters. The van der Waals surface area contributed by atoms with Gasteiger partial charge in [-0.3, -0.25) is 9.48 Å². The Balaban J connectivity index is 2.07. The third-order valence-electron chi connectivity index (χ3n) is 3.68. The minimum Gasteiger partial charge on any atom is -0.364 e. The molecule has 1 aromatic heterocycles. The molecule has 0 saturated carbocycles. The standard InChI is InChI=1S/C18H17N3O/c1-13-7-5-6-10-15(13)16-11-20-21(17(16)18(19)22)12-14-8-3-2-4-9-14/h2-11H,12H2,1H3,(H2,19,22). The van der Waals surface area contributed by atoms with Gasteiger partial charge in [0.15, 0.2) is 0 Å². The van der Waals surface area contributed by atoms with Crippen LogP contribution in [-0.4, -0.2) is 15.7 Å². The lowest BCUT2D eigenvalue weighted by molar-refractivity contribution is 0.0991. The first-order chi connectivity index (χ1) is 10.7. The number of aromatic nitrogens is 2. The first-order valence-electron chi connectivity index (χ1n) is 7.12. The molecule has 0 aliphatic carbocycles. The van der Waals surface area contributed by atoms with Crippen LogP contribution in [0.4, 0.5) is 0 Å². The summed E-state index contributed by atoms with van der Waals surface area (Å²) in [5.41, 5.74) is 9.97. The Morgan fingerprint density at radius 2 is 1.73 bits per heavy atom. The number of hydrogen-bond acceptors (Lipinski definition) is 2. The van der Waals surface area contributed by atoms with Crippen molar-refractivity contribution in [1.29, 1.82) is 0 Å². The molecule has 1 heterocycles. The van der Waals surface area contributed by atoms with Crippen LogP contribution < -0.4 is 5.73 Å². The fourth-order valence-electron chi connectivity index (χ4n) is 2.59. The second-order valence-corrected chi connectivity index (χ2v) is 5.23. The van der Waals surface area contributed by atoms with Gasteiger partial charge in [-0.15, -0.1) is 0 Å². The van der Waals surface area contributed by atoms with E-state index in [4.69, 9.17) is 5.73 Å². The van der Waals surface area contributed by atoms with Gasteiger partial charge in [0.1, 0.15) is 5.69 Å². The molecule has 4 heteroatoms. The third kappa shape index (κ3) is 2.63. The van der Waals surface area contributed by atoms with E-state index in [1.165, 1.54) is 0 Å². The SMILES string of the molecule is Cc1ccccc1-c1cnn(Cc2ccccc2)c1C(N)=O. The number of nitrogens with two attached hydrogens (primary N) is 1. The fourth-order valence-corrected chi connectivity index (χ4v) is 2.59. The van der Waals surface area contributed by atoms with E-state index < -0.39 is 5.91 Å². The summed E-state index contributed by atoms with van der Waals surface area (Å²) < 4.78 is 1.67. The molecular weight excluding hydrogens is 274 g/mol. The first-order valence-corrected chi connectivity index (χ1v) is 7.12. The normalized spacial score (nSPS) is 10.6. The average Bonchev–Trinajstić information content (AvgIpc) is 2.92. The Hall–Kier alpha value is -2.88. The minimum absolute atomic E-state index is 0.443. The highest BCUT2D eigenvalue weighted by Gasteiger charge is 2.18. The molecule has 2 N–H and O–H groups in total. The molecule has 0 atom stereocenters. The number of nitrogens with zero attached hydrogens (tertiary/aromatic N) is 2. The van der Waals surface area contributed by atoms with Crippen molar-refractivity contribution < 1.29 is 4.79 Å². The van der Waals surface area contributed by atoms with Crippen LogP contribution in [0, 0.1) is 6.92 Å². The molecular formula is C18H17N3O. The zero-order chi connectivity index (χ0) is 15.5. The highest BCUT2D eigenvalue weighted by Crippen LogP contribution is 2.26. The fraction of sp³-hybridized carbons (Fsp3) is 0.111. The summed E-state index contributed by atoms with van der Waals surface area (Å²) in [6.45, 7) is 2.53. The van der Waals surface area contributed by atoms with Gasteiger partial charge in [0.05, 0.1) is 12.7 Å². The molecule has 22 heavy (non-hydrogen) atoms. The first kappa shape index (κ1) is 14.1. The van der Waals surface area contributed by atoms with E-state index in [9.17, 15) is 4.79 Å². The molecule has 2 aromatic carbocycles. The van der Waals surface area contributed by atoms with E-state index in [2.05, 4.69) is 5.10 Å². The summed E-state index contributed by atoms with van der Waals surface area (Å²) >= 11 is 0. The van der Waals surface area contributed by atoms with Gasteiger partial charge in [-0.05, 0) is 23.6 Å². The van der Waals surface area contributed by atoms with E-state index in [1.807, 2.05) is 61.5 Å². The van der Waals surface area contributed by atoms with Gasteiger partial charge >= 0.3 is 0 Å². The summed E-state index contributed by atoms with van der Waals surface area (Å²) in [5.74, 6) is -0.466. The number of primary amides is 1. The maximum Gasteiger partial charge on any atom is 0.267 e. The molecule has 3 aromatic rings. The van der Waals surface area contributed by atoms with Gasteiger partial charge in [-0.2, -0.15) is 5.10 Å². The van der Waals surface area contributed by atoms with Crippen LogP contribution in [-0.2, 0) is 6.54 Å². The Kier molecular flexibility index (Phi) is 3.74. The molecule has 110 valence electrons. The Morgan fingerprint density at radius 3 is 2.41 bits per heavy atom. The maximum atomic E-state index is 11.9. The molecule has 0 fully saturated rings. The third-order valence-corrected chi connectivity index (χ3v) is 3.68. The number of benzene rings is 2. The van der Waals surface area contributed by atoms with Crippen molar-refractivity contribution in [2.24, 2.45) is 5.73 Å². The number of amides is 1. The summed E-state index contributed by atoms with van der Waals surface area (Å²) in [6, 6.07) is 17.8. The van der Waals surface area contributed by atoms with Crippen LogP contribution in [0.2, 0.25) is 0 Å². The topological polar surface area (TPSA) is 60.9 Å². The number of aryl methyl sites for hydroxylation is 1.